The van der Waals surface area contributed by atoms with Crippen molar-refractivity contribution in [2.45, 2.75) is 0 Å². The average Bonchev–Trinajstić information content (AvgIpc) is 2.82. The second-order valence-corrected chi connectivity index (χ2v) is 7.06. The van der Waals surface area contributed by atoms with E-state index < -0.39 is 11.6 Å². The minimum Gasteiger partial charge on any atom is -0.378 e. The third-order valence-corrected chi connectivity index (χ3v) is 4.96. The largest absolute Gasteiger partial charge is 0.378 e. The molecule has 0 saturated carbocycles. The van der Waals surface area contributed by atoms with E-state index in [1.54, 1.807) is 23.2 Å². The Morgan fingerprint density at radius 3 is 2.65 bits per heavy atom. The molecule has 7 heteroatoms. The van der Waals surface area contributed by atoms with E-state index in [0.29, 0.717) is 37.7 Å². The maximum Gasteiger partial charge on any atom is 0.254 e. The number of amides is 1. The highest BCUT2D eigenvalue weighted by Crippen LogP contribution is 2.22. The van der Waals surface area contributed by atoms with Gasteiger partial charge in [-0.05, 0) is 54.1 Å². The Balaban J connectivity index is 1.44. The van der Waals surface area contributed by atoms with E-state index in [1.807, 2.05) is 24.3 Å². The molecule has 0 unspecified atom stereocenters. The molecule has 1 saturated heterocycles. The van der Waals surface area contributed by atoms with Crippen LogP contribution in [0.25, 0.3) is 17.2 Å². The number of anilines is 1. The summed E-state index contributed by atoms with van der Waals surface area (Å²) in [5.74, 6) is -0.462. The normalized spacial score (nSPS) is 14.1. The highest BCUT2D eigenvalue weighted by Gasteiger charge is 2.18. The lowest BCUT2D eigenvalue weighted by Crippen LogP contribution is -2.40. The van der Waals surface area contributed by atoms with Crippen LogP contribution in [0.2, 0.25) is 0 Å². The fourth-order valence-corrected chi connectivity index (χ4v) is 3.29. The number of nitrogens with zero attached hydrogens (tertiary/aromatic N) is 2. The molecule has 0 radical (unpaired) electrons. The van der Waals surface area contributed by atoms with Crippen molar-refractivity contribution in [3.63, 3.8) is 0 Å². The summed E-state index contributed by atoms with van der Waals surface area (Å²) in [6, 6.07) is 14.4. The molecule has 1 amide bonds. The summed E-state index contributed by atoms with van der Waals surface area (Å²) in [4.78, 5) is 18.8. The first-order valence-corrected chi connectivity index (χ1v) is 9.92. The second kappa shape index (κ2) is 9.49. The van der Waals surface area contributed by atoms with Gasteiger partial charge in [0.2, 0.25) is 0 Å². The fourth-order valence-electron chi connectivity index (χ4n) is 3.29. The zero-order valence-corrected chi connectivity index (χ0v) is 16.7. The number of morpholine rings is 1. The molecule has 0 spiro atoms. The summed E-state index contributed by atoms with van der Waals surface area (Å²) in [5, 5.41) is 2.94. The number of hydrogen-bond donors (Lipinski definition) is 1. The molecule has 1 fully saturated rings. The smallest absolute Gasteiger partial charge is 0.254 e. The summed E-state index contributed by atoms with van der Waals surface area (Å²) >= 11 is 0. The van der Waals surface area contributed by atoms with Crippen molar-refractivity contribution in [1.29, 1.82) is 0 Å². The third-order valence-electron chi connectivity index (χ3n) is 4.96. The summed E-state index contributed by atoms with van der Waals surface area (Å²) in [7, 11) is 0. The van der Waals surface area contributed by atoms with Gasteiger partial charge in [-0.15, -0.1) is 0 Å². The first-order chi connectivity index (χ1) is 15.1. The number of nitrogens with one attached hydrogen (secondary N) is 1. The van der Waals surface area contributed by atoms with E-state index >= 15 is 0 Å². The molecule has 2 aromatic carbocycles. The van der Waals surface area contributed by atoms with Crippen LogP contribution in [0.5, 0.6) is 0 Å². The highest BCUT2D eigenvalue weighted by molar-refractivity contribution is 5.95. The number of halogens is 2. The standard InChI is InChI=1S/C24H21F2N3O2/c25-21-5-6-22(26)18(15-21)8-9-27-23-7-4-20(16-28-23)17-2-1-3-19(14-17)24(30)29-10-12-31-13-11-29/h1-9,14-16H,10-13H2,(H,27,28)/b9-8+. The maximum atomic E-state index is 13.6. The zero-order valence-electron chi connectivity index (χ0n) is 16.7. The maximum absolute atomic E-state index is 13.6. The molecule has 0 bridgehead atoms. The molecule has 158 valence electrons. The van der Waals surface area contributed by atoms with Crippen molar-refractivity contribution in [3.05, 3.63) is 89.8 Å². The molecule has 0 aliphatic carbocycles. The van der Waals surface area contributed by atoms with Crippen LogP contribution in [0.3, 0.4) is 0 Å². The van der Waals surface area contributed by atoms with E-state index in [-0.39, 0.29) is 11.5 Å². The van der Waals surface area contributed by atoms with Gasteiger partial charge in [0.25, 0.3) is 5.91 Å². The summed E-state index contributed by atoms with van der Waals surface area (Å²) in [6.07, 6.45) is 4.63. The van der Waals surface area contributed by atoms with Gasteiger partial charge in [0.05, 0.1) is 13.2 Å². The molecule has 5 nitrogen and oxygen atoms in total. The Labute approximate surface area is 179 Å². The Morgan fingerprint density at radius 2 is 1.87 bits per heavy atom. The quantitative estimate of drug-likeness (QED) is 0.655. The van der Waals surface area contributed by atoms with E-state index in [2.05, 4.69) is 10.3 Å². The van der Waals surface area contributed by atoms with Crippen LogP contribution in [-0.2, 0) is 4.74 Å². The molecule has 1 aliphatic heterocycles. The third kappa shape index (κ3) is 5.13. The number of carbonyl (C=O) groups excluding carboxylic acids is 1. The Bertz CT molecular complexity index is 1090. The van der Waals surface area contributed by atoms with Crippen molar-refractivity contribution in [3.8, 4) is 11.1 Å². The predicted octanol–water partition coefficient (Wildman–Crippen LogP) is 4.58. The molecule has 1 aliphatic rings. The number of hydrogen-bond acceptors (Lipinski definition) is 4. The minimum atomic E-state index is -0.505. The van der Waals surface area contributed by atoms with Crippen molar-refractivity contribution in [2.75, 3.05) is 31.6 Å². The van der Waals surface area contributed by atoms with E-state index in [0.717, 1.165) is 29.3 Å². The van der Waals surface area contributed by atoms with Gasteiger partial charge in [-0.25, -0.2) is 13.8 Å². The van der Waals surface area contributed by atoms with Crippen molar-refractivity contribution >= 4 is 17.8 Å². The van der Waals surface area contributed by atoms with Crippen LogP contribution in [0.15, 0.2) is 67.0 Å². The van der Waals surface area contributed by atoms with Crippen LogP contribution in [0, 0.1) is 11.6 Å². The van der Waals surface area contributed by atoms with Gasteiger partial charge >= 0.3 is 0 Å². The lowest BCUT2D eigenvalue weighted by Gasteiger charge is -2.27. The summed E-state index contributed by atoms with van der Waals surface area (Å²) in [5.41, 5.74) is 2.52. The molecule has 31 heavy (non-hydrogen) atoms. The van der Waals surface area contributed by atoms with Gasteiger partial charge in [-0.2, -0.15) is 0 Å². The van der Waals surface area contributed by atoms with Crippen molar-refractivity contribution < 1.29 is 18.3 Å². The van der Waals surface area contributed by atoms with Crippen molar-refractivity contribution in [2.24, 2.45) is 0 Å². The molecule has 4 rings (SSSR count). The van der Waals surface area contributed by atoms with Crippen LogP contribution in [0.4, 0.5) is 14.6 Å². The monoisotopic (exact) mass is 421 g/mol. The first-order valence-electron chi connectivity index (χ1n) is 9.92. The molecule has 0 atom stereocenters. The number of pyridine rings is 1. The lowest BCUT2D eigenvalue weighted by molar-refractivity contribution is 0.0303. The van der Waals surface area contributed by atoms with Gasteiger partial charge in [-0.1, -0.05) is 12.1 Å². The topological polar surface area (TPSA) is 54.5 Å². The molecular formula is C24H21F2N3O2. The zero-order chi connectivity index (χ0) is 21.6. The molecule has 2 heterocycles. The van der Waals surface area contributed by atoms with Gasteiger partial charge in [0.15, 0.2) is 0 Å². The van der Waals surface area contributed by atoms with Crippen molar-refractivity contribution in [1.82, 2.24) is 9.88 Å². The SMILES string of the molecule is O=C(c1cccc(-c2ccc(N/C=C/c3cc(F)ccc3F)nc2)c1)N1CCOCC1. The van der Waals surface area contributed by atoms with Gasteiger partial charge in [-0.3, -0.25) is 4.79 Å². The summed E-state index contributed by atoms with van der Waals surface area (Å²) < 4.78 is 32.2. The number of carbonyl (C=O) groups is 1. The Morgan fingerprint density at radius 1 is 1.03 bits per heavy atom. The summed E-state index contributed by atoms with van der Waals surface area (Å²) in [6.45, 7) is 2.31. The molecule has 1 aromatic heterocycles. The van der Waals surface area contributed by atoms with Crippen LogP contribution >= 0.6 is 0 Å². The van der Waals surface area contributed by atoms with E-state index in [4.69, 9.17) is 4.74 Å². The number of ether oxygens (including phenoxy) is 1. The minimum absolute atomic E-state index is 0.00823. The van der Waals surface area contributed by atoms with E-state index in [9.17, 15) is 13.6 Å². The Kier molecular flexibility index (Phi) is 6.33. The van der Waals surface area contributed by atoms with Crippen LogP contribution < -0.4 is 5.32 Å². The number of benzene rings is 2. The van der Waals surface area contributed by atoms with Gasteiger partial charge in [0.1, 0.15) is 17.5 Å². The van der Waals surface area contributed by atoms with Crippen LogP contribution in [0.1, 0.15) is 15.9 Å². The molecular weight excluding hydrogens is 400 g/mol. The fraction of sp³-hybridized carbons (Fsp3) is 0.167. The molecule has 1 N–H and O–H groups in total. The van der Waals surface area contributed by atoms with Gasteiger partial charge < -0.3 is 15.0 Å². The average molecular weight is 421 g/mol. The second-order valence-electron chi connectivity index (χ2n) is 7.06. The Hall–Kier alpha value is -3.58. The van der Waals surface area contributed by atoms with Gasteiger partial charge in [0, 0.05) is 42.2 Å². The lowest BCUT2D eigenvalue weighted by atomic mass is 10.0. The first kappa shape index (κ1) is 20.7. The molecule has 3 aromatic rings. The van der Waals surface area contributed by atoms with E-state index in [1.165, 1.54) is 12.3 Å². The van der Waals surface area contributed by atoms with Crippen LogP contribution in [-0.4, -0.2) is 42.1 Å². The predicted molar refractivity (Wildman–Crippen MR) is 115 cm³/mol. The number of rotatable bonds is 5. The highest BCUT2D eigenvalue weighted by atomic mass is 19.1. The number of aromatic nitrogens is 1.